The maximum absolute atomic E-state index is 6.08. The minimum atomic E-state index is 0.519. The molecule has 8 heteroatoms. The first-order valence-corrected chi connectivity index (χ1v) is 9.19. The molecule has 0 bridgehead atoms. The molecule has 2 rings (SSSR count). The molecule has 0 saturated carbocycles. The first-order chi connectivity index (χ1) is 12.4. The third-order valence-electron chi connectivity index (χ3n) is 4.08. The van der Waals surface area contributed by atoms with Gasteiger partial charge in [0.2, 0.25) is 0 Å². The average Bonchev–Trinajstić information content (AvgIpc) is 2.84. The molecule has 2 N–H and O–H groups in total. The number of aryl methyl sites for hydroxylation is 2. The van der Waals surface area contributed by atoms with E-state index >= 15 is 0 Å². The van der Waals surface area contributed by atoms with Gasteiger partial charge in [0, 0.05) is 43.5 Å². The summed E-state index contributed by atoms with van der Waals surface area (Å²) in [4.78, 5) is 4.24. The molecule has 1 heterocycles. The van der Waals surface area contributed by atoms with Crippen molar-refractivity contribution in [2.45, 2.75) is 26.8 Å². The number of nitrogens with one attached hydrogen (secondary N) is 2. The number of nitrogens with zero attached hydrogens (tertiary/aromatic N) is 3. The zero-order chi connectivity index (χ0) is 19.1. The minimum absolute atomic E-state index is 0.519. The van der Waals surface area contributed by atoms with Crippen LogP contribution in [0.3, 0.4) is 0 Å². The molecule has 2 aromatic rings. The summed E-state index contributed by atoms with van der Waals surface area (Å²) in [6, 6.07) is 5.21. The highest BCUT2D eigenvalue weighted by molar-refractivity contribution is 6.35. The normalized spacial score (nSPS) is 11.5. The van der Waals surface area contributed by atoms with Crippen LogP contribution in [0.4, 0.5) is 0 Å². The molecule has 1 aromatic carbocycles. The highest BCUT2D eigenvalue weighted by Crippen LogP contribution is 2.27. The van der Waals surface area contributed by atoms with Crippen LogP contribution in [0.15, 0.2) is 23.2 Å². The number of rotatable bonds is 7. The molecule has 0 aliphatic rings. The SMILES string of the molecule is CN=C(NCCCOc1ccc(Cl)cc1Cl)NCc1c(C)nn(C)c1C. The van der Waals surface area contributed by atoms with Crippen LogP contribution in [0.25, 0.3) is 0 Å². The molecule has 0 atom stereocenters. The van der Waals surface area contributed by atoms with Gasteiger partial charge in [0.15, 0.2) is 5.96 Å². The fourth-order valence-electron chi connectivity index (χ4n) is 2.52. The van der Waals surface area contributed by atoms with Crippen LogP contribution in [-0.2, 0) is 13.6 Å². The van der Waals surface area contributed by atoms with E-state index in [0.717, 1.165) is 30.3 Å². The number of ether oxygens (including phenoxy) is 1. The Balaban J connectivity index is 1.72. The number of aliphatic imine (C=N–C) groups is 1. The fraction of sp³-hybridized carbons (Fsp3) is 0.444. The maximum Gasteiger partial charge on any atom is 0.191 e. The van der Waals surface area contributed by atoms with E-state index in [0.29, 0.717) is 28.9 Å². The summed E-state index contributed by atoms with van der Waals surface area (Å²) in [5, 5.41) is 12.1. The first-order valence-electron chi connectivity index (χ1n) is 8.43. The van der Waals surface area contributed by atoms with Crippen LogP contribution in [0.5, 0.6) is 5.75 Å². The third-order valence-corrected chi connectivity index (χ3v) is 4.61. The first kappa shape index (κ1) is 20.4. The van der Waals surface area contributed by atoms with Crippen molar-refractivity contribution in [1.29, 1.82) is 0 Å². The fourth-order valence-corrected chi connectivity index (χ4v) is 2.98. The molecule has 0 amide bonds. The van der Waals surface area contributed by atoms with Crippen LogP contribution in [0.1, 0.15) is 23.4 Å². The molecule has 1 aromatic heterocycles. The number of halogens is 2. The molecule has 0 fully saturated rings. The van der Waals surface area contributed by atoms with Crippen LogP contribution >= 0.6 is 23.2 Å². The molecule has 0 unspecified atom stereocenters. The quantitative estimate of drug-likeness (QED) is 0.426. The minimum Gasteiger partial charge on any atom is -0.492 e. The van der Waals surface area contributed by atoms with E-state index in [1.807, 2.05) is 18.7 Å². The molecule has 26 heavy (non-hydrogen) atoms. The van der Waals surface area contributed by atoms with Gasteiger partial charge in [0.25, 0.3) is 0 Å². The number of benzene rings is 1. The summed E-state index contributed by atoms with van der Waals surface area (Å²) in [6.45, 7) is 6.04. The highest BCUT2D eigenvalue weighted by atomic mass is 35.5. The van der Waals surface area contributed by atoms with Gasteiger partial charge in [-0.3, -0.25) is 9.67 Å². The van der Waals surface area contributed by atoms with Gasteiger partial charge in [-0.15, -0.1) is 0 Å². The predicted molar refractivity (Wildman–Crippen MR) is 107 cm³/mol. The summed E-state index contributed by atoms with van der Waals surface area (Å²) >= 11 is 12.0. The van der Waals surface area contributed by atoms with Crippen molar-refractivity contribution in [1.82, 2.24) is 20.4 Å². The Morgan fingerprint density at radius 1 is 1.27 bits per heavy atom. The molecular weight excluding hydrogens is 373 g/mol. The van der Waals surface area contributed by atoms with E-state index in [1.165, 1.54) is 5.56 Å². The van der Waals surface area contributed by atoms with Crippen LogP contribution in [0.2, 0.25) is 10.0 Å². The number of aromatic nitrogens is 2. The van der Waals surface area contributed by atoms with E-state index in [9.17, 15) is 0 Å². The Kier molecular flexibility index (Phi) is 7.60. The van der Waals surface area contributed by atoms with Crippen LogP contribution < -0.4 is 15.4 Å². The summed E-state index contributed by atoms with van der Waals surface area (Å²) in [5.41, 5.74) is 3.37. The predicted octanol–water partition coefficient (Wildman–Crippen LogP) is 3.48. The molecule has 142 valence electrons. The van der Waals surface area contributed by atoms with Gasteiger partial charge >= 0.3 is 0 Å². The van der Waals surface area contributed by atoms with Gasteiger partial charge in [-0.05, 0) is 38.5 Å². The number of hydrogen-bond acceptors (Lipinski definition) is 3. The molecule has 6 nitrogen and oxygen atoms in total. The van der Waals surface area contributed by atoms with Crippen molar-refractivity contribution >= 4 is 29.2 Å². The van der Waals surface area contributed by atoms with E-state index in [1.54, 1.807) is 25.2 Å². The van der Waals surface area contributed by atoms with Crippen molar-refractivity contribution in [3.8, 4) is 5.75 Å². The third kappa shape index (κ3) is 5.54. The largest absolute Gasteiger partial charge is 0.492 e. The highest BCUT2D eigenvalue weighted by Gasteiger charge is 2.09. The van der Waals surface area contributed by atoms with E-state index in [-0.39, 0.29) is 0 Å². The topological polar surface area (TPSA) is 63.5 Å². The summed E-state index contributed by atoms with van der Waals surface area (Å²) in [7, 11) is 3.70. The van der Waals surface area contributed by atoms with Gasteiger partial charge in [-0.25, -0.2) is 0 Å². The van der Waals surface area contributed by atoms with Gasteiger partial charge in [0.05, 0.1) is 17.3 Å². The van der Waals surface area contributed by atoms with Gasteiger partial charge in [-0.1, -0.05) is 23.2 Å². The van der Waals surface area contributed by atoms with Gasteiger partial charge in [-0.2, -0.15) is 5.10 Å². The lowest BCUT2D eigenvalue weighted by Crippen LogP contribution is -2.37. The standard InChI is InChI=1S/C18H25Cl2N5O/c1-12-15(13(2)25(4)24-12)11-23-18(21-3)22-8-5-9-26-17-7-6-14(19)10-16(17)20/h6-7,10H,5,8-9,11H2,1-4H3,(H2,21,22,23). The summed E-state index contributed by atoms with van der Waals surface area (Å²) in [5.74, 6) is 1.39. The molecule has 0 radical (unpaired) electrons. The van der Waals surface area contributed by atoms with Gasteiger partial charge in [0.1, 0.15) is 5.75 Å². The summed E-state index contributed by atoms with van der Waals surface area (Å²) < 4.78 is 7.56. The second kappa shape index (κ2) is 9.69. The van der Waals surface area contributed by atoms with Crippen molar-refractivity contribution < 1.29 is 4.74 Å². The second-order valence-corrected chi connectivity index (χ2v) is 6.75. The van der Waals surface area contributed by atoms with Crippen molar-refractivity contribution in [2.24, 2.45) is 12.0 Å². The van der Waals surface area contributed by atoms with E-state index in [2.05, 4.69) is 27.6 Å². The van der Waals surface area contributed by atoms with Crippen molar-refractivity contribution in [2.75, 3.05) is 20.2 Å². The average molecular weight is 398 g/mol. The van der Waals surface area contributed by atoms with Crippen LogP contribution in [0, 0.1) is 13.8 Å². The summed E-state index contributed by atoms with van der Waals surface area (Å²) in [6.07, 6.45) is 0.810. The Hall–Kier alpha value is -1.92. The molecular formula is C18H25Cl2N5O. The van der Waals surface area contributed by atoms with Crippen molar-refractivity contribution in [3.63, 3.8) is 0 Å². The molecule has 0 spiro atoms. The van der Waals surface area contributed by atoms with E-state index in [4.69, 9.17) is 27.9 Å². The monoisotopic (exact) mass is 397 g/mol. The number of hydrogen-bond donors (Lipinski definition) is 2. The Morgan fingerprint density at radius 3 is 2.65 bits per heavy atom. The Bertz CT molecular complexity index is 773. The maximum atomic E-state index is 6.08. The number of guanidine groups is 1. The Morgan fingerprint density at radius 2 is 2.04 bits per heavy atom. The lowest BCUT2D eigenvalue weighted by molar-refractivity contribution is 0.311. The molecule has 0 aliphatic heterocycles. The smallest absolute Gasteiger partial charge is 0.191 e. The zero-order valence-electron chi connectivity index (χ0n) is 15.6. The lowest BCUT2D eigenvalue weighted by Gasteiger charge is -2.13. The molecule has 0 saturated heterocycles. The van der Waals surface area contributed by atoms with Gasteiger partial charge < -0.3 is 15.4 Å². The second-order valence-electron chi connectivity index (χ2n) is 5.90. The molecule has 0 aliphatic carbocycles. The van der Waals surface area contributed by atoms with Crippen molar-refractivity contribution in [3.05, 3.63) is 45.2 Å². The Labute approximate surface area is 164 Å². The van der Waals surface area contributed by atoms with E-state index < -0.39 is 0 Å². The zero-order valence-corrected chi connectivity index (χ0v) is 17.1. The van der Waals surface area contributed by atoms with Crippen LogP contribution in [-0.4, -0.2) is 35.9 Å². The lowest BCUT2D eigenvalue weighted by atomic mass is 10.2.